The lowest BCUT2D eigenvalue weighted by molar-refractivity contribution is -0.137. The van der Waals surface area contributed by atoms with E-state index in [-0.39, 0.29) is 54.5 Å². The lowest BCUT2D eigenvalue weighted by atomic mass is 10.1. The van der Waals surface area contributed by atoms with E-state index in [0.29, 0.717) is 0 Å². The number of benzene rings is 2. The zero-order valence-corrected chi connectivity index (χ0v) is 19.0. The standard InChI is InChI=1S/C22H18F4N4O3.H2S/c1-12-11-29(16-5-3-14(4-6-16)22(24,25)26)21(32)19-18(10-27-30(12)19)28-20(31)13-7-15(23)9-17(8-13)33-2;/h3-10,12H,11H2,1-2H3,(H,28,31);1H2/t12-;/m0./s1. The molecule has 0 saturated heterocycles. The summed E-state index contributed by atoms with van der Waals surface area (Å²) >= 11 is 0. The fourth-order valence-corrected chi connectivity index (χ4v) is 3.61. The van der Waals surface area contributed by atoms with Crippen molar-refractivity contribution in [2.45, 2.75) is 19.1 Å². The van der Waals surface area contributed by atoms with Crippen molar-refractivity contribution in [1.82, 2.24) is 9.78 Å². The Bertz CT molecular complexity index is 1230. The fraction of sp³-hybridized carbons (Fsp3) is 0.227. The molecule has 7 nitrogen and oxygen atoms in total. The predicted molar refractivity (Wildman–Crippen MR) is 121 cm³/mol. The van der Waals surface area contributed by atoms with Crippen LogP contribution in [0, 0.1) is 5.82 Å². The van der Waals surface area contributed by atoms with Crippen LogP contribution in [-0.2, 0) is 6.18 Å². The van der Waals surface area contributed by atoms with Gasteiger partial charge in [0.2, 0.25) is 0 Å². The van der Waals surface area contributed by atoms with E-state index in [9.17, 15) is 27.2 Å². The van der Waals surface area contributed by atoms with E-state index in [1.54, 1.807) is 6.92 Å². The molecule has 1 aliphatic rings. The minimum Gasteiger partial charge on any atom is -0.497 e. The van der Waals surface area contributed by atoms with Crippen molar-refractivity contribution >= 4 is 36.7 Å². The average molecular weight is 496 g/mol. The van der Waals surface area contributed by atoms with Gasteiger partial charge in [0.05, 0.1) is 30.6 Å². The predicted octanol–water partition coefficient (Wildman–Crippen LogP) is 4.64. The molecule has 2 aromatic carbocycles. The van der Waals surface area contributed by atoms with Gasteiger partial charge in [-0.2, -0.15) is 31.8 Å². The third-order valence-corrected chi connectivity index (χ3v) is 5.23. The Hall–Kier alpha value is -3.54. The maximum atomic E-state index is 13.8. The number of anilines is 2. The summed E-state index contributed by atoms with van der Waals surface area (Å²) in [6, 6.07) is 7.40. The Morgan fingerprint density at radius 3 is 2.47 bits per heavy atom. The number of aromatic nitrogens is 2. The van der Waals surface area contributed by atoms with Gasteiger partial charge in [-0.05, 0) is 43.3 Å². The Labute approximate surface area is 198 Å². The molecule has 12 heteroatoms. The van der Waals surface area contributed by atoms with Gasteiger partial charge >= 0.3 is 6.18 Å². The number of alkyl halides is 3. The highest BCUT2D eigenvalue weighted by atomic mass is 32.1. The topological polar surface area (TPSA) is 76.5 Å². The summed E-state index contributed by atoms with van der Waals surface area (Å²) in [6.07, 6.45) is -3.19. The van der Waals surface area contributed by atoms with E-state index in [1.807, 2.05) is 0 Å². The van der Waals surface area contributed by atoms with Gasteiger partial charge in [0.15, 0.2) is 5.69 Å². The number of nitrogens with zero attached hydrogens (tertiary/aromatic N) is 3. The zero-order chi connectivity index (χ0) is 23.9. The molecule has 2 amide bonds. The molecule has 0 radical (unpaired) electrons. The van der Waals surface area contributed by atoms with Gasteiger partial charge in [-0.3, -0.25) is 14.3 Å². The smallest absolute Gasteiger partial charge is 0.416 e. The number of amides is 2. The van der Waals surface area contributed by atoms with Crippen LogP contribution in [0.15, 0.2) is 48.7 Å². The molecule has 34 heavy (non-hydrogen) atoms. The van der Waals surface area contributed by atoms with Crippen LogP contribution in [0.1, 0.15) is 39.4 Å². The molecule has 4 rings (SSSR count). The first-order valence-corrected chi connectivity index (χ1v) is 9.81. The minimum absolute atomic E-state index is 0. The molecule has 2 heterocycles. The summed E-state index contributed by atoms with van der Waals surface area (Å²) in [5.74, 6) is -1.75. The molecule has 0 unspecified atom stereocenters. The maximum absolute atomic E-state index is 13.8. The van der Waals surface area contributed by atoms with E-state index in [2.05, 4.69) is 10.4 Å². The van der Waals surface area contributed by atoms with Crippen LogP contribution in [0.25, 0.3) is 0 Å². The fourth-order valence-electron chi connectivity index (χ4n) is 3.61. The number of rotatable bonds is 4. The second-order valence-electron chi connectivity index (χ2n) is 7.49. The van der Waals surface area contributed by atoms with E-state index < -0.39 is 29.4 Å². The van der Waals surface area contributed by atoms with Gasteiger partial charge in [0.1, 0.15) is 11.6 Å². The molecule has 0 aliphatic carbocycles. The Morgan fingerprint density at radius 2 is 1.85 bits per heavy atom. The third-order valence-electron chi connectivity index (χ3n) is 5.23. The van der Waals surface area contributed by atoms with Crippen molar-refractivity contribution in [3.63, 3.8) is 0 Å². The van der Waals surface area contributed by atoms with Crippen molar-refractivity contribution in [3.8, 4) is 5.75 Å². The molecule has 1 aliphatic heterocycles. The van der Waals surface area contributed by atoms with Gasteiger partial charge in [-0.15, -0.1) is 0 Å². The Kier molecular flexibility index (Phi) is 6.92. The molecule has 1 aromatic heterocycles. The van der Waals surface area contributed by atoms with Crippen LogP contribution in [0.3, 0.4) is 0 Å². The number of hydrogen-bond acceptors (Lipinski definition) is 4. The van der Waals surface area contributed by atoms with E-state index >= 15 is 0 Å². The first-order chi connectivity index (χ1) is 15.6. The molecule has 1 atom stereocenters. The summed E-state index contributed by atoms with van der Waals surface area (Å²) in [4.78, 5) is 27.2. The van der Waals surface area contributed by atoms with Crippen LogP contribution >= 0.6 is 13.5 Å². The second kappa shape index (κ2) is 9.37. The first kappa shape index (κ1) is 25.1. The summed E-state index contributed by atoms with van der Waals surface area (Å²) in [6.45, 7) is 1.95. The summed E-state index contributed by atoms with van der Waals surface area (Å²) in [5.41, 5.74) is -0.420. The molecular formula is C22H20F4N4O3S. The van der Waals surface area contributed by atoms with E-state index in [1.165, 1.54) is 41.1 Å². The number of ether oxygens (including phenoxy) is 1. The van der Waals surface area contributed by atoms with Gasteiger partial charge in [0.25, 0.3) is 11.8 Å². The molecule has 0 bridgehead atoms. The van der Waals surface area contributed by atoms with Crippen molar-refractivity contribution in [3.05, 3.63) is 71.3 Å². The molecule has 180 valence electrons. The number of nitrogens with one attached hydrogen (secondary N) is 1. The minimum atomic E-state index is -4.49. The van der Waals surface area contributed by atoms with Crippen molar-refractivity contribution in [2.75, 3.05) is 23.9 Å². The monoisotopic (exact) mass is 496 g/mol. The highest BCUT2D eigenvalue weighted by Gasteiger charge is 2.35. The molecule has 0 fully saturated rings. The summed E-state index contributed by atoms with van der Waals surface area (Å²) in [7, 11) is 1.33. The summed E-state index contributed by atoms with van der Waals surface area (Å²) < 4.78 is 58.8. The number of methoxy groups -OCH3 is 1. The zero-order valence-electron chi connectivity index (χ0n) is 18.0. The molecule has 0 spiro atoms. The molecule has 0 saturated carbocycles. The van der Waals surface area contributed by atoms with Crippen LogP contribution in [0.5, 0.6) is 5.75 Å². The average Bonchev–Trinajstić information content (AvgIpc) is 3.19. The Morgan fingerprint density at radius 1 is 1.18 bits per heavy atom. The van der Waals surface area contributed by atoms with E-state index in [4.69, 9.17) is 4.74 Å². The van der Waals surface area contributed by atoms with Crippen LogP contribution in [0.4, 0.5) is 28.9 Å². The maximum Gasteiger partial charge on any atom is 0.416 e. The van der Waals surface area contributed by atoms with Gasteiger partial charge in [-0.1, -0.05) is 0 Å². The third kappa shape index (κ3) is 4.72. The number of carbonyl (C=O) groups is 2. The normalized spacial score (nSPS) is 15.4. The van der Waals surface area contributed by atoms with Gasteiger partial charge < -0.3 is 15.0 Å². The number of halogens is 4. The SMILES string of the molecule is COc1cc(F)cc(C(=O)Nc2cnn3c2C(=O)N(c2ccc(C(F)(F)F)cc2)C[C@@H]3C)c1.S. The highest BCUT2D eigenvalue weighted by Crippen LogP contribution is 2.33. The number of hydrogen-bond donors (Lipinski definition) is 1. The first-order valence-electron chi connectivity index (χ1n) is 9.81. The van der Waals surface area contributed by atoms with Crippen LogP contribution in [-0.4, -0.2) is 35.2 Å². The van der Waals surface area contributed by atoms with Gasteiger partial charge in [-0.25, -0.2) is 4.39 Å². The quantitative estimate of drug-likeness (QED) is 0.534. The van der Waals surface area contributed by atoms with E-state index in [0.717, 1.165) is 24.3 Å². The molecular weight excluding hydrogens is 476 g/mol. The largest absolute Gasteiger partial charge is 0.497 e. The summed E-state index contributed by atoms with van der Waals surface area (Å²) in [5, 5.41) is 6.72. The molecule has 1 N–H and O–H groups in total. The molecule has 3 aromatic rings. The highest BCUT2D eigenvalue weighted by molar-refractivity contribution is 7.59. The van der Waals surface area contributed by atoms with Crippen LogP contribution < -0.4 is 15.0 Å². The van der Waals surface area contributed by atoms with Crippen molar-refractivity contribution in [2.24, 2.45) is 0 Å². The Balaban J connectivity index is 0.00000324. The van der Waals surface area contributed by atoms with Crippen LogP contribution in [0.2, 0.25) is 0 Å². The van der Waals surface area contributed by atoms with Crippen molar-refractivity contribution in [1.29, 1.82) is 0 Å². The number of fused-ring (bicyclic) bond motifs is 1. The lowest BCUT2D eigenvalue weighted by Gasteiger charge is -2.32. The van der Waals surface area contributed by atoms with Gasteiger partial charge in [0, 0.05) is 23.9 Å². The second-order valence-corrected chi connectivity index (χ2v) is 7.49. The lowest BCUT2D eigenvalue weighted by Crippen LogP contribution is -2.43. The number of carbonyl (C=O) groups excluding carboxylic acids is 2. The van der Waals surface area contributed by atoms with Crippen molar-refractivity contribution < 1.29 is 31.9 Å².